The summed E-state index contributed by atoms with van der Waals surface area (Å²) in [7, 11) is -5.75. The van der Waals surface area contributed by atoms with Crippen LogP contribution >= 0.6 is 18.9 Å². The Labute approximate surface area is 267 Å². The second kappa shape index (κ2) is 11.7. The smallest absolute Gasteiger partial charge is 0.353 e. The number of piperazine rings is 1. The summed E-state index contributed by atoms with van der Waals surface area (Å²) in [5.74, 6) is 0.744. The quantitative estimate of drug-likeness (QED) is 0.336. The van der Waals surface area contributed by atoms with E-state index in [9.17, 15) is 27.7 Å². The first-order valence-corrected chi connectivity index (χ1v) is 17.9. The predicted molar refractivity (Wildman–Crippen MR) is 167 cm³/mol. The topological polar surface area (TPSA) is 143 Å². The van der Waals surface area contributed by atoms with Crippen LogP contribution in [0.15, 0.2) is 48.7 Å². The fourth-order valence-electron chi connectivity index (χ4n) is 7.28. The molecule has 46 heavy (non-hydrogen) atoms. The monoisotopic (exact) mass is 673 g/mol. The molecule has 2 aromatic heterocycles. The second-order valence-electron chi connectivity index (χ2n) is 12.7. The summed E-state index contributed by atoms with van der Waals surface area (Å²) in [5, 5.41) is 3.12. The van der Waals surface area contributed by atoms with E-state index in [0.29, 0.717) is 55.6 Å². The normalized spacial score (nSPS) is 26.7. The largest absolute Gasteiger partial charge is 0.399 e. The minimum absolute atomic E-state index is 0.0654. The highest BCUT2D eigenvalue weighted by Gasteiger charge is 2.52. The summed E-state index contributed by atoms with van der Waals surface area (Å²) in [6, 6.07) is 8.84. The Kier molecular flexibility index (Phi) is 7.90. The Hall–Kier alpha value is -3.45. The van der Waals surface area contributed by atoms with E-state index < -0.39 is 36.8 Å². The van der Waals surface area contributed by atoms with Crippen molar-refractivity contribution in [2.45, 2.75) is 55.9 Å². The lowest BCUT2D eigenvalue weighted by Gasteiger charge is -2.40. The second-order valence-corrected chi connectivity index (χ2v) is 15.4. The van der Waals surface area contributed by atoms with Crippen molar-refractivity contribution in [3.63, 3.8) is 0 Å². The van der Waals surface area contributed by atoms with Gasteiger partial charge in [-0.15, -0.1) is 11.3 Å². The Bertz CT molecular complexity index is 1730. The number of halogens is 2. The van der Waals surface area contributed by atoms with Gasteiger partial charge in [0.05, 0.1) is 4.88 Å². The lowest BCUT2D eigenvalue weighted by Crippen LogP contribution is -2.59. The molecule has 1 saturated carbocycles. The van der Waals surface area contributed by atoms with Gasteiger partial charge in [0.1, 0.15) is 17.9 Å². The van der Waals surface area contributed by atoms with Crippen LogP contribution < -0.4 is 10.2 Å². The van der Waals surface area contributed by atoms with Crippen molar-refractivity contribution in [3.8, 4) is 0 Å². The molecule has 244 valence electrons. The van der Waals surface area contributed by atoms with Crippen molar-refractivity contribution in [1.29, 1.82) is 0 Å². The molecule has 7 rings (SSSR count). The highest BCUT2D eigenvalue weighted by Crippen LogP contribution is 2.59. The van der Waals surface area contributed by atoms with Crippen molar-refractivity contribution >= 4 is 52.6 Å². The number of alkyl halides is 2. The van der Waals surface area contributed by atoms with Gasteiger partial charge in [0.2, 0.25) is 11.8 Å². The molecule has 3 amide bonds. The Morgan fingerprint density at radius 2 is 1.76 bits per heavy atom. The van der Waals surface area contributed by atoms with Gasteiger partial charge >= 0.3 is 13.3 Å². The van der Waals surface area contributed by atoms with Gasteiger partial charge < -0.3 is 29.8 Å². The SMILES string of the molecule is O=C(N[C@H]1C[C@@H]2C[C@@H]2C[C@H]2CC[C@@H](C(=O)N3CCN(c4ccccn4)CC3)N2C1=O)c1cc2cc(C(F)(F)P(=O)(O)O)ccc2s1. The van der Waals surface area contributed by atoms with Gasteiger partial charge in [-0.1, -0.05) is 12.1 Å². The minimum atomic E-state index is -5.75. The molecule has 1 aromatic carbocycles. The van der Waals surface area contributed by atoms with Gasteiger partial charge in [0, 0.05) is 48.7 Å². The number of rotatable bonds is 6. The Balaban J connectivity index is 1.07. The first kappa shape index (κ1) is 31.2. The zero-order valence-corrected chi connectivity index (χ0v) is 26.5. The van der Waals surface area contributed by atoms with Crippen molar-refractivity contribution < 1.29 is 37.5 Å². The number of carbonyl (C=O) groups is 3. The predicted octanol–water partition coefficient (Wildman–Crippen LogP) is 3.76. The first-order chi connectivity index (χ1) is 21.9. The van der Waals surface area contributed by atoms with Gasteiger partial charge in [-0.2, -0.15) is 8.78 Å². The standard InChI is InChI=1S/C31H34F2N5O6PS/c32-31(33,45(42,43)44)21-4-7-25-20(14-21)17-26(46-25)28(39)35-23-16-19-13-18(19)15-22-5-6-24(38(22)29(23)40)30(41)37-11-9-36(10-12-37)27-3-1-2-8-34-27/h1-4,7-8,14,17-19,22-24H,5-6,9-13,15-16H2,(H,35,39)(H2,42,43,44)/t18-,19+,22-,23+,24+/m1/s1. The summed E-state index contributed by atoms with van der Waals surface area (Å²) in [5.41, 5.74) is -5.22. The van der Waals surface area contributed by atoms with E-state index in [1.165, 1.54) is 12.1 Å². The van der Waals surface area contributed by atoms with E-state index >= 15 is 0 Å². The van der Waals surface area contributed by atoms with E-state index in [1.54, 1.807) is 11.1 Å². The van der Waals surface area contributed by atoms with Crippen molar-refractivity contribution in [2.75, 3.05) is 31.1 Å². The lowest BCUT2D eigenvalue weighted by molar-refractivity contribution is -0.147. The van der Waals surface area contributed by atoms with E-state index in [4.69, 9.17) is 9.79 Å². The number of anilines is 1. The van der Waals surface area contributed by atoms with Gasteiger partial charge in [0.25, 0.3) is 5.91 Å². The average Bonchev–Trinajstić information content (AvgIpc) is 3.41. The number of nitrogens with one attached hydrogen (secondary N) is 1. The van der Waals surface area contributed by atoms with E-state index in [1.807, 2.05) is 23.1 Å². The maximum atomic E-state index is 14.3. The summed E-state index contributed by atoms with van der Waals surface area (Å²) in [6.07, 6.45) is 5.34. The molecule has 3 saturated heterocycles. The van der Waals surface area contributed by atoms with Crippen molar-refractivity contribution in [1.82, 2.24) is 20.1 Å². The zero-order valence-electron chi connectivity index (χ0n) is 24.8. The molecule has 3 N–H and O–H groups in total. The van der Waals surface area contributed by atoms with Crippen LogP contribution in [0.1, 0.15) is 47.3 Å². The molecule has 4 fully saturated rings. The number of hydrogen-bond acceptors (Lipinski definition) is 7. The molecule has 0 radical (unpaired) electrons. The number of amides is 3. The number of benzene rings is 1. The highest BCUT2D eigenvalue weighted by atomic mass is 32.1. The van der Waals surface area contributed by atoms with Crippen molar-refractivity contribution in [2.24, 2.45) is 11.8 Å². The summed E-state index contributed by atoms with van der Waals surface area (Å²) < 4.78 is 40.5. The lowest BCUT2D eigenvalue weighted by atomic mass is 9.99. The van der Waals surface area contributed by atoms with Crippen LogP contribution in [0.4, 0.5) is 14.6 Å². The summed E-state index contributed by atoms with van der Waals surface area (Å²) in [4.78, 5) is 70.0. The van der Waals surface area contributed by atoms with E-state index in [-0.39, 0.29) is 28.1 Å². The van der Waals surface area contributed by atoms with E-state index in [0.717, 1.165) is 48.5 Å². The highest BCUT2D eigenvalue weighted by molar-refractivity contribution is 7.52. The molecule has 15 heteroatoms. The third-order valence-corrected chi connectivity index (χ3v) is 12.0. The molecular formula is C31H34F2N5O6PS. The molecule has 4 aliphatic rings. The molecule has 3 aliphatic heterocycles. The number of aromatic nitrogens is 1. The van der Waals surface area contributed by atoms with Gasteiger partial charge in [-0.25, -0.2) is 4.98 Å². The third-order valence-electron chi connectivity index (χ3n) is 9.85. The zero-order chi connectivity index (χ0) is 32.4. The number of carbonyl (C=O) groups excluding carboxylic acids is 3. The number of fused-ring (bicyclic) bond motifs is 3. The summed E-state index contributed by atoms with van der Waals surface area (Å²) in [6.45, 7) is 2.33. The van der Waals surface area contributed by atoms with Crippen LogP contribution in [0.2, 0.25) is 0 Å². The van der Waals surface area contributed by atoms with Crippen LogP contribution in [-0.2, 0) is 19.8 Å². The van der Waals surface area contributed by atoms with Crippen LogP contribution in [0, 0.1) is 11.8 Å². The van der Waals surface area contributed by atoms with Crippen LogP contribution in [0.5, 0.6) is 0 Å². The summed E-state index contributed by atoms with van der Waals surface area (Å²) >= 11 is 1.04. The van der Waals surface area contributed by atoms with Gasteiger partial charge in [0.15, 0.2) is 0 Å². The molecule has 11 nitrogen and oxygen atoms in total. The molecule has 3 aromatic rings. The van der Waals surface area contributed by atoms with Crippen LogP contribution in [-0.4, -0.2) is 86.6 Å². The molecule has 1 aliphatic carbocycles. The molecule has 5 atom stereocenters. The number of thiophene rings is 1. The molecule has 0 unspecified atom stereocenters. The number of nitrogens with zero attached hydrogens (tertiary/aromatic N) is 4. The molecular weight excluding hydrogens is 639 g/mol. The Morgan fingerprint density at radius 1 is 1.00 bits per heavy atom. The van der Waals surface area contributed by atoms with E-state index in [2.05, 4.69) is 15.2 Å². The minimum Gasteiger partial charge on any atom is -0.353 e. The third kappa shape index (κ3) is 5.69. The average molecular weight is 674 g/mol. The molecule has 0 bridgehead atoms. The van der Waals surface area contributed by atoms with Crippen LogP contribution in [0.3, 0.4) is 0 Å². The molecule has 5 heterocycles. The van der Waals surface area contributed by atoms with Crippen LogP contribution in [0.25, 0.3) is 10.1 Å². The maximum absolute atomic E-state index is 14.3. The molecule has 0 spiro atoms. The fraction of sp³-hybridized carbons (Fsp3) is 0.484. The number of hydrogen-bond donors (Lipinski definition) is 3. The Morgan fingerprint density at radius 3 is 2.48 bits per heavy atom. The van der Waals surface area contributed by atoms with Crippen molar-refractivity contribution in [3.05, 3.63) is 59.1 Å². The van der Waals surface area contributed by atoms with Gasteiger partial charge in [-0.05, 0) is 79.7 Å². The van der Waals surface area contributed by atoms with Gasteiger partial charge in [-0.3, -0.25) is 18.9 Å². The maximum Gasteiger partial charge on any atom is 0.399 e. The fourth-order valence-corrected chi connectivity index (χ4v) is 8.70. The first-order valence-electron chi connectivity index (χ1n) is 15.5. The number of pyridine rings is 1.